The van der Waals surface area contributed by atoms with Gasteiger partial charge in [0.1, 0.15) is 17.3 Å². The molecule has 1 saturated heterocycles. The molecule has 2 heterocycles. The zero-order valence-electron chi connectivity index (χ0n) is 16.6. The first kappa shape index (κ1) is 21.5. The van der Waals surface area contributed by atoms with E-state index in [0.29, 0.717) is 49.5 Å². The molecule has 1 fully saturated rings. The second kappa shape index (κ2) is 8.77. The fourth-order valence-corrected chi connectivity index (χ4v) is 5.60. The Morgan fingerprint density at radius 2 is 1.71 bits per heavy atom. The molecule has 0 bridgehead atoms. The van der Waals surface area contributed by atoms with E-state index in [0.717, 1.165) is 0 Å². The van der Waals surface area contributed by atoms with E-state index in [2.05, 4.69) is 4.98 Å². The Morgan fingerprint density at radius 3 is 2.42 bits per heavy atom. The second-order valence-electron chi connectivity index (χ2n) is 7.21. The summed E-state index contributed by atoms with van der Waals surface area (Å²) >= 11 is 6.09. The monoisotopic (exact) mass is 457 g/mol. The first-order chi connectivity index (χ1) is 14.9. The SMILES string of the molecule is N#CCn1c(CN2CCN(S(=O)(=O)c3ccccc3Cl)CC2)nc2ccccc2c1=O. The fourth-order valence-electron chi connectivity index (χ4n) is 3.69. The Morgan fingerprint density at radius 1 is 1.03 bits per heavy atom. The molecule has 0 unspecified atom stereocenters. The molecular weight excluding hydrogens is 438 g/mol. The van der Waals surface area contributed by atoms with Gasteiger partial charge >= 0.3 is 0 Å². The molecule has 8 nitrogen and oxygen atoms in total. The fraction of sp³-hybridized carbons (Fsp3) is 0.286. The van der Waals surface area contributed by atoms with E-state index < -0.39 is 10.0 Å². The molecule has 10 heteroatoms. The van der Waals surface area contributed by atoms with E-state index in [1.807, 2.05) is 17.0 Å². The van der Waals surface area contributed by atoms with E-state index in [1.165, 1.54) is 14.9 Å². The van der Waals surface area contributed by atoms with Crippen LogP contribution in [0.25, 0.3) is 10.9 Å². The highest BCUT2D eigenvalue weighted by Crippen LogP contribution is 2.25. The van der Waals surface area contributed by atoms with Crippen LogP contribution in [0.1, 0.15) is 5.82 Å². The molecule has 0 aliphatic carbocycles. The quantitative estimate of drug-likeness (QED) is 0.581. The van der Waals surface area contributed by atoms with Crippen LogP contribution < -0.4 is 5.56 Å². The van der Waals surface area contributed by atoms with Crippen LogP contribution in [0, 0.1) is 11.3 Å². The van der Waals surface area contributed by atoms with Gasteiger partial charge in [-0.1, -0.05) is 35.9 Å². The van der Waals surface area contributed by atoms with Crippen LogP contribution in [-0.4, -0.2) is 53.4 Å². The molecule has 1 aromatic heterocycles. The van der Waals surface area contributed by atoms with Crippen molar-refractivity contribution in [2.45, 2.75) is 18.0 Å². The van der Waals surface area contributed by atoms with Crippen molar-refractivity contribution in [2.75, 3.05) is 26.2 Å². The molecule has 3 aromatic rings. The highest BCUT2D eigenvalue weighted by Gasteiger charge is 2.30. The molecule has 31 heavy (non-hydrogen) atoms. The Labute approximate surface area is 185 Å². The molecule has 0 amide bonds. The van der Waals surface area contributed by atoms with Crippen LogP contribution in [0.5, 0.6) is 0 Å². The third-order valence-corrected chi connectivity index (χ3v) is 7.72. The molecule has 2 aromatic carbocycles. The normalized spacial score (nSPS) is 15.7. The van der Waals surface area contributed by atoms with Gasteiger partial charge in [0, 0.05) is 26.2 Å². The highest BCUT2D eigenvalue weighted by molar-refractivity contribution is 7.89. The molecule has 160 valence electrons. The summed E-state index contributed by atoms with van der Waals surface area (Å²) in [4.78, 5) is 19.5. The predicted molar refractivity (Wildman–Crippen MR) is 117 cm³/mol. The molecule has 1 aliphatic heterocycles. The van der Waals surface area contributed by atoms with E-state index in [1.54, 1.807) is 36.4 Å². The van der Waals surface area contributed by atoms with Crippen molar-refractivity contribution >= 4 is 32.5 Å². The number of fused-ring (bicyclic) bond motifs is 1. The Hall–Kier alpha value is -2.77. The second-order valence-corrected chi connectivity index (χ2v) is 9.52. The lowest BCUT2D eigenvalue weighted by atomic mass is 10.2. The summed E-state index contributed by atoms with van der Waals surface area (Å²) in [6.45, 7) is 1.79. The van der Waals surface area contributed by atoms with Gasteiger partial charge in [0.25, 0.3) is 5.56 Å². The summed E-state index contributed by atoms with van der Waals surface area (Å²) in [6, 6.07) is 15.5. The molecule has 0 atom stereocenters. The number of aromatic nitrogens is 2. The molecule has 0 N–H and O–H groups in total. The number of hydrogen-bond acceptors (Lipinski definition) is 6. The summed E-state index contributed by atoms with van der Waals surface area (Å²) in [7, 11) is -3.68. The van der Waals surface area contributed by atoms with E-state index in [9.17, 15) is 13.2 Å². The number of halogens is 1. The zero-order chi connectivity index (χ0) is 22.0. The lowest BCUT2D eigenvalue weighted by Gasteiger charge is -2.34. The van der Waals surface area contributed by atoms with Crippen LogP contribution in [-0.2, 0) is 23.1 Å². The minimum atomic E-state index is -3.68. The summed E-state index contributed by atoms with van der Waals surface area (Å²) in [5.74, 6) is 0.493. The predicted octanol–water partition coefficient (Wildman–Crippen LogP) is 2.08. The van der Waals surface area contributed by atoms with Crippen LogP contribution in [0.3, 0.4) is 0 Å². The lowest BCUT2D eigenvalue weighted by Crippen LogP contribution is -2.48. The third kappa shape index (κ3) is 4.20. The first-order valence-corrected chi connectivity index (χ1v) is 11.6. The first-order valence-electron chi connectivity index (χ1n) is 9.74. The summed E-state index contributed by atoms with van der Waals surface area (Å²) in [5.41, 5.74) is 0.332. The van der Waals surface area contributed by atoms with Gasteiger partial charge in [-0.15, -0.1) is 0 Å². The zero-order valence-corrected chi connectivity index (χ0v) is 18.2. The van der Waals surface area contributed by atoms with Gasteiger partial charge in [-0.2, -0.15) is 9.57 Å². The van der Waals surface area contributed by atoms with Gasteiger partial charge in [0.2, 0.25) is 10.0 Å². The standard InChI is InChI=1S/C21H20ClN5O3S/c22-17-6-2-4-8-19(17)31(29,30)26-13-11-25(12-14-26)15-20-24-18-7-3-1-5-16(18)21(28)27(20)10-9-23/h1-8H,10-15H2. The summed E-state index contributed by atoms with van der Waals surface area (Å²) < 4.78 is 28.7. The molecule has 0 radical (unpaired) electrons. The van der Waals surface area contributed by atoms with Crippen LogP contribution >= 0.6 is 11.6 Å². The molecule has 0 saturated carbocycles. The van der Waals surface area contributed by atoms with E-state index in [-0.39, 0.29) is 22.0 Å². The largest absolute Gasteiger partial charge is 0.293 e. The van der Waals surface area contributed by atoms with E-state index >= 15 is 0 Å². The number of sulfonamides is 1. The van der Waals surface area contributed by atoms with Crippen molar-refractivity contribution in [1.82, 2.24) is 18.8 Å². The van der Waals surface area contributed by atoms with Gasteiger partial charge in [-0.05, 0) is 24.3 Å². The van der Waals surface area contributed by atoms with Crippen molar-refractivity contribution in [3.8, 4) is 6.07 Å². The summed E-state index contributed by atoms with van der Waals surface area (Å²) in [5, 5.41) is 9.84. The Kier molecular flexibility index (Phi) is 6.07. The molecule has 4 rings (SSSR count). The average Bonchev–Trinajstić information content (AvgIpc) is 2.77. The third-order valence-electron chi connectivity index (χ3n) is 5.32. The minimum Gasteiger partial charge on any atom is -0.293 e. The molecule has 1 aliphatic rings. The van der Waals surface area contributed by atoms with Crippen LogP contribution in [0.4, 0.5) is 0 Å². The summed E-state index contributed by atoms with van der Waals surface area (Å²) in [6.07, 6.45) is 0. The number of nitrogens with zero attached hydrogens (tertiary/aromatic N) is 5. The van der Waals surface area contributed by atoms with E-state index in [4.69, 9.17) is 16.9 Å². The van der Waals surface area contributed by atoms with Gasteiger partial charge < -0.3 is 0 Å². The Balaban J connectivity index is 1.54. The lowest BCUT2D eigenvalue weighted by molar-refractivity contribution is 0.176. The number of para-hydroxylation sites is 1. The van der Waals surface area contributed by atoms with Gasteiger partial charge in [0.15, 0.2) is 0 Å². The number of piperazine rings is 1. The maximum Gasteiger partial charge on any atom is 0.262 e. The van der Waals surface area contributed by atoms with Crippen molar-refractivity contribution in [2.24, 2.45) is 0 Å². The smallest absolute Gasteiger partial charge is 0.262 e. The van der Waals surface area contributed by atoms with Crippen molar-refractivity contribution in [3.05, 3.63) is 69.7 Å². The Bertz CT molecular complexity index is 1320. The molecular formula is C21H20ClN5O3S. The van der Waals surface area contributed by atoms with Crippen molar-refractivity contribution < 1.29 is 8.42 Å². The average molecular weight is 458 g/mol. The van der Waals surface area contributed by atoms with Crippen LogP contribution in [0.15, 0.2) is 58.2 Å². The topological polar surface area (TPSA) is 99.3 Å². The molecule has 0 spiro atoms. The number of rotatable bonds is 5. The van der Waals surface area contributed by atoms with Crippen molar-refractivity contribution in [1.29, 1.82) is 5.26 Å². The minimum absolute atomic E-state index is 0.0904. The highest BCUT2D eigenvalue weighted by atomic mass is 35.5. The maximum absolute atomic E-state index is 12.9. The van der Waals surface area contributed by atoms with Crippen LogP contribution in [0.2, 0.25) is 5.02 Å². The number of nitriles is 1. The maximum atomic E-state index is 12.9. The van der Waals surface area contributed by atoms with Gasteiger partial charge in [0.05, 0.1) is 28.5 Å². The van der Waals surface area contributed by atoms with Gasteiger partial charge in [-0.25, -0.2) is 13.4 Å². The van der Waals surface area contributed by atoms with Gasteiger partial charge in [-0.3, -0.25) is 14.3 Å². The number of hydrogen-bond donors (Lipinski definition) is 0. The number of benzene rings is 2. The van der Waals surface area contributed by atoms with Crippen molar-refractivity contribution in [3.63, 3.8) is 0 Å².